The van der Waals surface area contributed by atoms with Crippen molar-refractivity contribution in [1.29, 1.82) is 0 Å². The third-order valence-corrected chi connectivity index (χ3v) is 4.67. The molecule has 1 amide bonds. The van der Waals surface area contributed by atoms with Crippen LogP contribution in [0.15, 0.2) is 0 Å². The minimum Gasteiger partial charge on any atom is -0.394 e. The van der Waals surface area contributed by atoms with Gasteiger partial charge in [-0.2, -0.15) is 0 Å². The number of aliphatic hydroxyl groups excluding tert-OH is 1. The predicted octanol–water partition coefficient (Wildman–Crippen LogP) is 1.12. The third kappa shape index (κ3) is 3.23. The molecule has 0 aromatic carbocycles. The minimum absolute atomic E-state index is 0.0814. The molecule has 4 nitrogen and oxygen atoms in total. The molecule has 0 radical (unpaired) electrons. The molecule has 18 heavy (non-hydrogen) atoms. The van der Waals surface area contributed by atoms with E-state index in [9.17, 15) is 9.90 Å². The van der Waals surface area contributed by atoms with E-state index in [0.717, 1.165) is 38.8 Å². The first-order chi connectivity index (χ1) is 8.74. The van der Waals surface area contributed by atoms with Crippen LogP contribution in [0.3, 0.4) is 0 Å². The van der Waals surface area contributed by atoms with Gasteiger partial charge >= 0.3 is 0 Å². The van der Waals surface area contributed by atoms with Gasteiger partial charge in [0.15, 0.2) is 0 Å². The van der Waals surface area contributed by atoms with Crippen LogP contribution >= 0.6 is 0 Å². The first-order valence-corrected chi connectivity index (χ1v) is 7.35. The average Bonchev–Trinajstić information content (AvgIpc) is 2.88. The summed E-state index contributed by atoms with van der Waals surface area (Å²) >= 11 is 0. The van der Waals surface area contributed by atoms with Gasteiger partial charge in [0, 0.05) is 13.0 Å². The van der Waals surface area contributed by atoms with Gasteiger partial charge in [0.1, 0.15) is 0 Å². The summed E-state index contributed by atoms with van der Waals surface area (Å²) in [4.78, 5) is 14.1. The molecule has 2 aliphatic rings. The second-order valence-electron chi connectivity index (χ2n) is 5.89. The molecule has 1 heterocycles. The smallest absolute Gasteiger partial charge is 0.223 e. The first-order valence-electron chi connectivity index (χ1n) is 7.35. The highest BCUT2D eigenvalue weighted by Gasteiger charge is 2.30. The fourth-order valence-electron chi connectivity index (χ4n) is 3.39. The predicted molar refractivity (Wildman–Crippen MR) is 70.9 cm³/mol. The zero-order chi connectivity index (χ0) is 13.0. The molecule has 1 atom stereocenters. The number of rotatable bonds is 4. The normalized spacial score (nSPS) is 32.8. The summed E-state index contributed by atoms with van der Waals surface area (Å²) in [5, 5.41) is 9.25. The monoisotopic (exact) mass is 254 g/mol. The average molecular weight is 254 g/mol. The maximum absolute atomic E-state index is 12.2. The van der Waals surface area contributed by atoms with E-state index in [-0.39, 0.29) is 18.6 Å². The maximum Gasteiger partial charge on any atom is 0.223 e. The Morgan fingerprint density at radius 1 is 1.17 bits per heavy atom. The summed E-state index contributed by atoms with van der Waals surface area (Å²) in [6.45, 7) is 1.74. The topological polar surface area (TPSA) is 66.6 Å². The summed E-state index contributed by atoms with van der Waals surface area (Å²) in [5.74, 6) is 1.47. The quantitative estimate of drug-likeness (QED) is 0.790. The lowest BCUT2D eigenvalue weighted by molar-refractivity contribution is -0.134. The van der Waals surface area contributed by atoms with E-state index in [0.29, 0.717) is 18.3 Å². The molecule has 0 bridgehead atoms. The van der Waals surface area contributed by atoms with Crippen molar-refractivity contribution in [2.24, 2.45) is 17.6 Å². The lowest BCUT2D eigenvalue weighted by atomic mass is 9.80. The van der Waals surface area contributed by atoms with Crippen LogP contribution < -0.4 is 5.73 Å². The van der Waals surface area contributed by atoms with Crippen molar-refractivity contribution >= 4 is 5.91 Å². The molecule has 104 valence electrons. The summed E-state index contributed by atoms with van der Waals surface area (Å²) < 4.78 is 0. The Morgan fingerprint density at radius 3 is 2.44 bits per heavy atom. The Morgan fingerprint density at radius 2 is 1.83 bits per heavy atom. The first kappa shape index (κ1) is 13.8. The molecule has 2 fully saturated rings. The van der Waals surface area contributed by atoms with Gasteiger partial charge in [0.2, 0.25) is 5.91 Å². The molecule has 3 N–H and O–H groups in total. The van der Waals surface area contributed by atoms with Gasteiger partial charge in [-0.3, -0.25) is 4.79 Å². The van der Waals surface area contributed by atoms with Crippen molar-refractivity contribution in [3.05, 3.63) is 0 Å². The molecule has 4 heteroatoms. The van der Waals surface area contributed by atoms with Crippen molar-refractivity contribution < 1.29 is 9.90 Å². The van der Waals surface area contributed by atoms with Gasteiger partial charge in [0.25, 0.3) is 0 Å². The number of hydrogen-bond acceptors (Lipinski definition) is 3. The molecular formula is C14H26N2O2. The van der Waals surface area contributed by atoms with Gasteiger partial charge in [0.05, 0.1) is 12.6 Å². The van der Waals surface area contributed by atoms with E-state index in [2.05, 4.69) is 0 Å². The van der Waals surface area contributed by atoms with Crippen LogP contribution in [0.1, 0.15) is 44.9 Å². The van der Waals surface area contributed by atoms with Crippen molar-refractivity contribution in [1.82, 2.24) is 4.90 Å². The van der Waals surface area contributed by atoms with Crippen LogP contribution in [-0.4, -0.2) is 41.7 Å². The van der Waals surface area contributed by atoms with Gasteiger partial charge in [-0.15, -0.1) is 0 Å². The van der Waals surface area contributed by atoms with Gasteiger partial charge in [-0.1, -0.05) is 0 Å². The van der Waals surface area contributed by atoms with E-state index >= 15 is 0 Å². The fraction of sp³-hybridized carbons (Fsp3) is 0.929. The highest BCUT2D eigenvalue weighted by atomic mass is 16.3. The third-order valence-electron chi connectivity index (χ3n) is 4.67. The Kier molecular flexibility index (Phi) is 5.01. The lowest BCUT2D eigenvalue weighted by Gasteiger charge is -2.30. The second-order valence-corrected chi connectivity index (χ2v) is 5.89. The number of carbonyl (C=O) groups excluding carboxylic acids is 1. The Balaban J connectivity index is 1.77. The molecule has 0 aromatic rings. The molecule has 1 saturated carbocycles. The summed E-state index contributed by atoms with van der Waals surface area (Å²) in [7, 11) is 0. The van der Waals surface area contributed by atoms with Crippen molar-refractivity contribution in [3.63, 3.8) is 0 Å². The molecule has 0 spiro atoms. The van der Waals surface area contributed by atoms with Crippen molar-refractivity contribution in [2.75, 3.05) is 19.7 Å². The van der Waals surface area contributed by atoms with Crippen molar-refractivity contribution in [2.45, 2.75) is 51.0 Å². The van der Waals surface area contributed by atoms with Crippen LogP contribution in [0.25, 0.3) is 0 Å². The van der Waals surface area contributed by atoms with Crippen LogP contribution in [0.5, 0.6) is 0 Å². The standard InChI is InChI=1S/C14H26N2O2/c15-9-12-5-3-11(4-6-12)8-14(18)16-7-1-2-13(16)10-17/h11-13,17H,1-10,15H2. The number of nitrogens with zero attached hydrogens (tertiary/aromatic N) is 1. The van der Waals surface area contributed by atoms with Gasteiger partial charge in [-0.05, 0) is 56.9 Å². The molecule has 0 aromatic heterocycles. The summed E-state index contributed by atoms with van der Waals surface area (Å²) in [6, 6.07) is 0.0814. The van der Waals surface area contributed by atoms with Crippen molar-refractivity contribution in [3.8, 4) is 0 Å². The number of aliphatic hydroxyl groups is 1. The molecule has 1 unspecified atom stereocenters. The molecular weight excluding hydrogens is 228 g/mol. The minimum atomic E-state index is 0.0814. The highest BCUT2D eigenvalue weighted by molar-refractivity contribution is 5.77. The Hall–Kier alpha value is -0.610. The van der Waals surface area contributed by atoms with E-state index in [1.165, 1.54) is 12.8 Å². The number of hydrogen-bond donors (Lipinski definition) is 2. The van der Waals surface area contributed by atoms with E-state index < -0.39 is 0 Å². The summed E-state index contributed by atoms with van der Waals surface area (Å²) in [6.07, 6.45) is 7.32. The van der Waals surface area contributed by atoms with E-state index in [4.69, 9.17) is 5.73 Å². The zero-order valence-electron chi connectivity index (χ0n) is 11.2. The van der Waals surface area contributed by atoms with Gasteiger partial charge < -0.3 is 15.7 Å². The Labute approximate surface area is 110 Å². The SMILES string of the molecule is NCC1CCC(CC(=O)N2CCCC2CO)CC1. The number of carbonyl (C=O) groups is 1. The van der Waals surface area contributed by atoms with Crippen LogP contribution in [0, 0.1) is 11.8 Å². The summed E-state index contributed by atoms with van der Waals surface area (Å²) in [5.41, 5.74) is 5.68. The molecule has 2 rings (SSSR count). The van der Waals surface area contributed by atoms with E-state index in [1.54, 1.807) is 0 Å². The zero-order valence-corrected chi connectivity index (χ0v) is 11.2. The molecule has 1 saturated heterocycles. The molecule has 1 aliphatic carbocycles. The Bertz CT molecular complexity index is 275. The fourth-order valence-corrected chi connectivity index (χ4v) is 3.39. The van der Waals surface area contributed by atoms with Crippen LogP contribution in [0.4, 0.5) is 0 Å². The molecule has 1 aliphatic heterocycles. The maximum atomic E-state index is 12.2. The van der Waals surface area contributed by atoms with Gasteiger partial charge in [-0.25, -0.2) is 0 Å². The number of amides is 1. The lowest BCUT2D eigenvalue weighted by Crippen LogP contribution is -2.38. The highest BCUT2D eigenvalue weighted by Crippen LogP contribution is 2.31. The largest absolute Gasteiger partial charge is 0.394 e. The second kappa shape index (κ2) is 6.53. The number of likely N-dealkylation sites (tertiary alicyclic amines) is 1. The van der Waals surface area contributed by atoms with Crippen LogP contribution in [-0.2, 0) is 4.79 Å². The van der Waals surface area contributed by atoms with Crippen LogP contribution in [0.2, 0.25) is 0 Å². The number of nitrogens with two attached hydrogens (primary N) is 1. The van der Waals surface area contributed by atoms with E-state index in [1.807, 2.05) is 4.90 Å².